The number of furan rings is 1. The highest BCUT2D eigenvalue weighted by atomic mass is 16.7. The zero-order valence-electron chi connectivity index (χ0n) is 12.6. The molecule has 2 aromatic heterocycles. The Labute approximate surface area is 133 Å². The summed E-state index contributed by atoms with van der Waals surface area (Å²) < 4.78 is 21.6. The zero-order valence-corrected chi connectivity index (χ0v) is 12.6. The Kier molecular flexibility index (Phi) is 3.88. The van der Waals surface area contributed by atoms with E-state index in [2.05, 4.69) is 5.16 Å². The summed E-state index contributed by atoms with van der Waals surface area (Å²) >= 11 is 0. The Morgan fingerprint density at radius 1 is 1.26 bits per heavy atom. The van der Waals surface area contributed by atoms with Gasteiger partial charge < -0.3 is 23.3 Å². The molecule has 7 heteroatoms. The minimum Gasteiger partial charge on any atom is -0.461 e. The highest BCUT2D eigenvalue weighted by molar-refractivity contribution is 5.93. The van der Waals surface area contributed by atoms with Gasteiger partial charge in [0.1, 0.15) is 0 Å². The van der Waals surface area contributed by atoms with Crippen molar-refractivity contribution in [1.82, 2.24) is 10.1 Å². The summed E-state index contributed by atoms with van der Waals surface area (Å²) in [5, 5.41) is 3.88. The average Bonchev–Trinajstić information content (AvgIpc) is 3.36. The Bertz CT molecular complexity index is 660. The second-order valence-electron chi connectivity index (χ2n) is 5.82. The predicted octanol–water partition coefficient (Wildman–Crippen LogP) is 2.16. The van der Waals surface area contributed by atoms with Gasteiger partial charge in [0.25, 0.3) is 5.91 Å². The maximum atomic E-state index is 12.6. The molecule has 0 spiro atoms. The quantitative estimate of drug-likeness (QED) is 0.863. The lowest BCUT2D eigenvalue weighted by Crippen LogP contribution is -2.43. The SMILES string of the molecule is O=C(c1cc(-c2ccco2)on1)N1CCCC(C2OCCO2)C1. The van der Waals surface area contributed by atoms with Crippen molar-refractivity contribution in [3.8, 4) is 11.5 Å². The van der Waals surface area contributed by atoms with Gasteiger partial charge in [-0.3, -0.25) is 4.79 Å². The molecule has 1 amide bonds. The van der Waals surface area contributed by atoms with Crippen molar-refractivity contribution in [1.29, 1.82) is 0 Å². The highest BCUT2D eigenvalue weighted by Gasteiger charge is 2.33. The van der Waals surface area contributed by atoms with Gasteiger partial charge in [-0.15, -0.1) is 0 Å². The maximum Gasteiger partial charge on any atom is 0.276 e. The van der Waals surface area contributed by atoms with E-state index >= 15 is 0 Å². The third kappa shape index (κ3) is 2.89. The van der Waals surface area contributed by atoms with Crippen LogP contribution in [-0.2, 0) is 9.47 Å². The van der Waals surface area contributed by atoms with Crippen LogP contribution in [0.5, 0.6) is 0 Å². The number of aromatic nitrogens is 1. The van der Waals surface area contributed by atoms with Gasteiger partial charge in [0.2, 0.25) is 5.76 Å². The van der Waals surface area contributed by atoms with Crippen LogP contribution in [0.2, 0.25) is 0 Å². The molecule has 23 heavy (non-hydrogen) atoms. The van der Waals surface area contributed by atoms with Crippen LogP contribution in [0.15, 0.2) is 33.4 Å². The van der Waals surface area contributed by atoms with Gasteiger partial charge >= 0.3 is 0 Å². The molecule has 2 saturated heterocycles. The number of ether oxygens (including phenoxy) is 2. The Hall–Kier alpha value is -2.12. The van der Waals surface area contributed by atoms with Gasteiger partial charge in [-0.05, 0) is 25.0 Å². The highest BCUT2D eigenvalue weighted by Crippen LogP contribution is 2.27. The summed E-state index contributed by atoms with van der Waals surface area (Å²) in [5.74, 6) is 1.09. The fraction of sp³-hybridized carbons (Fsp3) is 0.500. The molecule has 2 aliphatic heterocycles. The first kappa shape index (κ1) is 14.5. The molecule has 2 aromatic rings. The monoisotopic (exact) mass is 318 g/mol. The molecule has 4 rings (SSSR count). The first-order valence-electron chi connectivity index (χ1n) is 7.84. The fourth-order valence-corrected chi connectivity index (χ4v) is 3.14. The van der Waals surface area contributed by atoms with Gasteiger partial charge in [-0.1, -0.05) is 5.16 Å². The molecule has 0 saturated carbocycles. The lowest BCUT2D eigenvalue weighted by atomic mass is 9.97. The smallest absolute Gasteiger partial charge is 0.276 e. The minimum atomic E-state index is -0.193. The predicted molar refractivity (Wildman–Crippen MR) is 78.5 cm³/mol. The van der Waals surface area contributed by atoms with Gasteiger partial charge in [-0.25, -0.2) is 0 Å². The van der Waals surface area contributed by atoms with Gasteiger partial charge in [0.15, 0.2) is 17.7 Å². The molecule has 0 radical (unpaired) electrons. The molecule has 0 aromatic carbocycles. The third-order valence-electron chi connectivity index (χ3n) is 4.27. The first-order valence-corrected chi connectivity index (χ1v) is 7.84. The van der Waals surface area contributed by atoms with Crippen molar-refractivity contribution in [2.24, 2.45) is 5.92 Å². The van der Waals surface area contributed by atoms with Crippen LogP contribution in [0.3, 0.4) is 0 Å². The van der Waals surface area contributed by atoms with Crippen LogP contribution in [0.25, 0.3) is 11.5 Å². The molecule has 0 bridgehead atoms. The molecular weight excluding hydrogens is 300 g/mol. The van der Waals surface area contributed by atoms with Crippen molar-refractivity contribution in [3.05, 3.63) is 30.2 Å². The number of hydrogen-bond acceptors (Lipinski definition) is 6. The van der Waals surface area contributed by atoms with E-state index in [0.717, 1.165) is 12.8 Å². The van der Waals surface area contributed by atoms with Crippen LogP contribution in [-0.4, -0.2) is 48.6 Å². The lowest BCUT2D eigenvalue weighted by molar-refractivity contribution is -0.0969. The number of carbonyl (C=O) groups excluding carboxylic acids is 1. The van der Waals surface area contributed by atoms with Gasteiger partial charge in [-0.2, -0.15) is 0 Å². The Morgan fingerprint density at radius 2 is 2.13 bits per heavy atom. The number of piperidine rings is 1. The van der Waals surface area contributed by atoms with E-state index in [1.165, 1.54) is 0 Å². The summed E-state index contributed by atoms with van der Waals surface area (Å²) in [4.78, 5) is 14.4. The van der Waals surface area contributed by atoms with E-state index < -0.39 is 0 Å². The molecule has 0 N–H and O–H groups in total. The minimum absolute atomic E-state index is 0.130. The van der Waals surface area contributed by atoms with E-state index in [-0.39, 0.29) is 18.1 Å². The topological polar surface area (TPSA) is 77.9 Å². The lowest BCUT2D eigenvalue weighted by Gasteiger charge is -2.34. The van der Waals surface area contributed by atoms with E-state index in [1.54, 1.807) is 29.4 Å². The van der Waals surface area contributed by atoms with Crippen LogP contribution in [0, 0.1) is 5.92 Å². The van der Waals surface area contributed by atoms with E-state index in [1.807, 2.05) is 0 Å². The summed E-state index contributed by atoms with van der Waals surface area (Å²) in [6.45, 7) is 2.59. The number of likely N-dealkylation sites (tertiary alicyclic amines) is 1. The molecule has 1 atom stereocenters. The van der Waals surface area contributed by atoms with E-state index in [9.17, 15) is 4.79 Å². The Morgan fingerprint density at radius 3 is 2.91 bits per heavy atom. The van der Waals surface area contributed by atoms with E-state index in [4.69, 9.17) is 18.4 Å². The van der Waals surface area contributed by atoms with Crippen molar-refractivity contribution < 1.29 is 23.2 Å². The second kappa shape index (κ2) is 6.17. The largest absolute Gasteiger partial charge is 0.461 e. The average molecular weight is 318 g/mol. The van der Waals surface area contributed by atoms with Crippen molar-refractivity contribution in [2.45, 2.75) is 19.1 Å². The van der Waals surface area contributed by atoms with Gasteiger partial charge in [0.05, 0.1) is 19.5 Å². The summed E-state index contributed by atoms with van der Waals surface area (Å²) in [7, 11) is 0. The van der Waals surface area contributed by atoms with Crippen LogP contribution in [0.4, 0.5) is 0 Å². The zero-order chi connectivity index (χ0) is 15.6. The van der Waals surface area contributed by atoms with Crippen molar-refractivity contribution in [2.75, 3.05) is 26.3 Å². The number of amides is 1. The van der Waals surface area contributed by atoms with Crippen LogP contribution < -0.4 is 0 Å². The maximum absolute atomic E-state index is 12.6. The molecule has 7 nitrogen and oxygen atoms in total. The molecule has 4 heterocycles. The number of hydrogen-bond donors (Lipinski definition) is 0. The molecule has 1 unspecified atom stereocenters. The molecular formula is C16H18N2O5. The molecule has 2 aliphatic rings. The van der Waals surface area contributed by atoms with Crippen LogP contribution >= 0.6 is 0 Å². The normalized spacial score (nSPS) is 22.6. The standard InChI is InChI=1S/C16H18N2O5/c19-15(12-9-14(23-17-12)13-4-2-6-20-13)18-5-1-3-11(10-18)16-21-7-8-22-16/h2,4,6,9,11,16H,1,3,5,7-8,10H2. The molecule has 122 valence electrons. The number of rotatable bonds is 3. The van der Waals surface area contributed by atoms with Crippen molar-refractivity contribution in [3.63, 3.8) is 0 Å². The number of carbonyl (C=O) groups is 1. The van der Waals surface area contributed by atoms with Gasteiger partial charge in [0, 0.05) is 25.1 Å². The Balaban J connectivity index is 1.45. The van der Waals surface area contributed by atoms with Crippen molar-refractivity contribution >= 4 is 5.91 Å². The second-order valence-corrected chi connectivity index (χ2v) is 5.82. The summed E-state index contributed by atoms with van der Waals surface area (Å²) in [5.41, 5.74) is 0.297. The first-order chi connectivity index (χ1) is 11.3. The summed E-state index contributed by atoms with van der Waals surface area (Å²) in [6.07, 6.45) is 3.30. The third-order valence-corrected chi connectivity index (χ3v) is 4.27. The molecule has 2 fully saturated rings. The summed E-state index contributed by atoms with van der Waals surface area (Å²) in [6, 6.07) is 5.14. The molecule has 0 aliphatic carbocycles. The van der Waals surface area contributed by atoms with E-state index in [0.29, 0.717) is 43.5 Å². The van der Waals surface area contributed by atoms with Crippen LogP contribution in [0.1, 0.15) is 23.3 Å². The fourth-order valence-electron chi connectivity index (χ4n) is 3.14. The number of nitrogens with zero attached hydrogens (tertiary/aromatic N) is 2.